The molecule has 0 aromatic rings. The molecule has 78 valence electrons. The summed E-state index contributed by atoms with van der Waals surface area (Å²) < 4.78 is 5.46. The van der Waals surface area contributed by atoms with Crippen molar-refractivity contribution in [2.75, 3.05) is 6.61 Å². The van der Waals surface area contributed by atoms with Gasteiger partial charge in [0.1, 0.15) is 0 Å². The number of hydrogen-bond donors (Lipinski definition) is 0. The van der Waals surface area contributed by atoms with Gasteiger partial charge in [-0.2, -0.15) is 0 Å². The Labute approximate surface area is 84.8 Å². The van der Waals surface area contributed by atoms with Gasteiger partial charge < -0.3 is 4.74 Å². The zero-order chi connectivity index (χ0) is 10.8. The van der Waals surface area contributed by atoms with E-state index < -0.39 is 16.9 Å². The summed E-state index contributed by atoms with van der Waals surface area (Å²) >= 11 is 0. The van der Waals surface area contributed by atoms with Crippen LogP contribution in [0.4, 0.5) is 0 Å². The fourth-order valence-corrected chi connectivity index (χ4v) is 1.82. The predicted molar refractivity (Wildman–Crippen MR) is 52.2 cm³/mol. The molecule has 2 unspecified atom stereocenters. The Kier molecular flexibility index (Phi) is 3.10. The molecule has 0 amide bonds. The lowest BCUT2D eigenvalue weighted by Gasteiger charge is -2.12. The first-order valence-corrected chi connectivity index (χ1v) is 4.97. The van der Waals surface area contributed by atoms with Gasteiger partial charge in [0.25, 0.3) is 0 Å². The van der Waals surface area contributed by atoms with Gasteiger partial charge in [-0.25, -0.2) is 0 Å². The maximum Gasteiger partial charge on any atom is 0.234 e. The van der Waals surface area contributed by atoms with Gasteiger partial charge in [-0.3, -0.25) is 9.59 Å². The molecule has 1 aliphatic carbocycles. The average Bonchev–Trinajstić information content (AvgIpc) is 2.63. The quantitative estimate of drug-likeness (QED) is 0.603. The Bertz CT molecular complexity index is 235. The molecule has 0 spiro atoms. The third-order valence-corrected chi connectivity index (χ3v) is 3.10. The maximum absolute atomic E-state index is 10.8. The van der Waals surface area contributed by atoms with Gasteiger partial charge in [0, 0.05) is 12.0 Å². The molecular weight excluding hydrogens is 180 g/mol. The Balaban J connectivity index is 2.61. The van der Waals surface area contributed by atoms with Crippen LogP contribution in [0.2, 0.25) is 0 Å². The van der Waals surface area contributed by atoms with E-state index in [0.717, 1.165) is 12.8 Å². The highest BCUT2D eigenvalue weighted by molar-refractivity contribution is 5.83. The maximum atomic E-state index is 10.8. The topological polar surface area (TPSA) is 43.4 Å². The van der Waals surface area contributed by atoms with Crippen molar-refractivity contribution in [3.63, 3.8) is 0 Å². The van der Waals surface area contributed by atoms with Crippen molar-refractivity contribution in [1.82, 2.24) is 0 Å². The van der Waals surface area contributed by atoms with Crippen molar-refractivity contribution >= 4 is 12.6 Å². The average molecular weight is 196 g/mol. The molecule has 0 heterocycles. The van der Waals surface area contributed by atoms with Crippen LogP contribution in [0.15, 0.2) is 0 Å². The van der Waals surface area contributed by atoms with Gasteiger partial charge in [0.15, 0.2) is 5.60 Å². The summed E-state index contributed by atoms with van der Waals surface area (Å²) in [5.41, 5.74) is -1.46. The van der Waals surface area contributed by atoms with Crippen LogP contribution < -0.4 is 0 Å². The SMILES string of the molecule is CCCCOC1([C]=O)C([C]=O)C1(C)C. The van der Waals surface area contributed by atoms with Gasteiger partial charge in [0.2, 0.25) is 12.6 Å². The van der Waals surface area contributed by atoms with Crippen molar-refractivity contribution in [3.05, 3.63) is 0 Å². The molecule has 14 heavy (non-hydrogen) atoms. The van der Waals surface area contributed by atoms with Crippen LogP contribution in [0.3, 0.4) is 0 Å². The van der Waals surface area contributed by atoms with Crippen LogP contribution in [0.1, 0.15) is 33.6 Å². The van der Waals surface area contributed by atoms with Crippen LogP contribution in [0.5, 0.6) is 0 Å². The number of rotatable bonds is 6. The molecule has 0 N–H and O–H groups in total. The molecule has 0 saturated heterocycles. The van der Waals surface area contributed by atoms with Crippen molar-refractivity contribution in [2.45, 2.75) is 39.2 Å². The molecule has 1 rings (SSSR count). The van der Waals surface area contributed by atoms with Gasteiger partial charge in [-0.1, -0.05) is 27.2 Å². The van der Waals surface area contributed by atoms with E-state index >= 15 is 0 Å². The highest BCUT2D eigenvalue weighted by Crippen LogP contribution is 2.61. The van der Waals surface area contributed by atoms with Crippen LogP contribution in [0.25, 0.3) is 0 Å². The first kappa shape index (κ1) is 11.4. The molecule has 0 bridgehead atoms. The van der Waals surface area contributed by atoms with E-state index in [4.69, 9.17) is 4.74 Å². The Hall–Kier alpha value is -0.700. The van der Waals surface area contributed by atoms with E-state index in [0.29, 0.717) is 6.61 Å². The van der Waals surface area contributed by atoms with Crippen molar-refractivity contribution in [1.29, 1.82) is 0 Å². The molecule has 0 aromatic heterocycles. The molecule has 0 aliphatic heterocycles. The number of hydrogen-bond acceptors (Lipinski definition) is 3. The largest absolute Gasteiger partial charge is 0.365 e. The van der Waals surface area contributed by atoms with E-state index in [1.165, 1.54) is 0 Å². The molecule has 3 heteroatoms. The summed E-state index contributed by atoms with van der Waals surface area (Å²) in [7, 11) is 0. The molecule has 0 aromatic carbocycles. The first-order chi connectivity index (χ1) is 6.56. The summed E-state index contributed by atoms with van der Waals surface area (Å²) in [6.07, 6.45) is 5.63. The summed E-state index contributed by atoms with van der Waals surface area (Å²) in [5, 5.41) is 0. The second-order valence-electron chi connectivity index (χ2n) is 4.31. The predicted octanol–water partition coefficient (Wildman–Crippen LogP) is 1.42. The summed E-state index contributed by atoms with van der Waals surface area (Å²) in [6, 6.07) is 0. The van der Waals surface area contributed by atoms with Crippen molar-refractivity contribution in [3.8, 4) is 0 Å². The van der Waals surface area contributed by atoms with Crippen LogP contribution >= 0.6 is 0 Å². The molecular formula is C11H16O3. The molecule has 2 radical (unpaired) electrons. The minimum absolute atomic E-state index is 0.440. The van der Waals surface area contributed by atoms with Crippen molar-refractivity contribution in [2.24, 2.45) is 11.3 Å². The Morgan fingerprint density at radius 1 is 1.36 bits per heavy atom. The lowest BCUT2D eigenvalue weighted by Crippen LogP contribution is -2.24. The van der Waals surface area contributed by atoms with Gasteiger partial charge in [-0.15, -0.1) is 0 Å². The van der Waals surface area contributed by atoms with Gasteiger partial charge in [0.05, 0.1) is 5.92 Å². The second-order valence-corrected chi connectivity index (χ2v) is 4.31. The minimum atomic E-state index is -1.02. The van der Waals surface area contributed by atoms with E-state index in [1.54, 1.807) is 0 Å². The molecule has 1 saturated carbocycles. The summed E-state index contributed by atoms with van der Waals surface area (Å²) in [4.78, 5) is 21.4. The molecule has 1 fully saturated rings. The normalized spacial score (nSPS) is 33.8. The lowest BCUT2D eigenvalue weighted by molar-refractivity contribution is 0.0488. The smallest absolute Gasteiger partial charge is 0.234 e. The van der Waals surface area contributed by atoms with E-state index in [9.17, 15) is 9.59 Å². The number of carbonyl (C=O) groups excluding carboxylic acids is 2. The van der Waals surface area contributed by atoms with Gasteiger partial charge in [-0.05, 0) is 6.42 Å². The third kappa shape index (κ3) is 1.40. The third-order valence-electron chi connectivity index (χ3n) is 3.10. The highest BCUT2D eigenvalue weighted by Gasteiger charge is 2.74. The zero-order valence-electron chi connectivity index (χ0n) is 8.92. The van der Waals surface area contributed by atoms with Crippen LogP contribution in [0, 0.1) is 11.3 Å². The fraction of sp³-hybridized carbons (Fsp3) is 0.818. The van der Waals surface area contributed by atoms with Crippen LogP contribution in [-0.2, 0) is 14.3 Å². The lowest BCUT2D eigenvalue weighted by atomic mass is 10.1. The fourth-order valence-electron chi connectivity index (χ4n) is 1.82. The Morgan fingerprint density at radius 3 is 2.36 bits per heavy atom. The number of ether oxygens (including phenoxy) is 1. The first-order valence-electron chi connectivity index (χ1n) is 4.97. The zero-order valence-corrected chi connectivity index (χ0v) is 8.92. The van der Waals surface area contributed by atoms with Crippen molar-refractivity contribution < 1.29 is 14.3 Å². The monoisotopic (exact) mass is 196 g/mol. The van der Waals surface area contributed by atoms with Gasteiger partial charge >= 0.3 is 0 Å². The summed E-state index contributed by atoms with van der Waals surface area (Å²) in [5.74, 6) is -0.454. The van der Waals surface area contributed by atoms with E-state index in [-0.39, 0.29) is 0 Å². The number of unbranched alkanes of at least 4 members (excludes halogenated alkanes) is 1. The molecule has 2 atom stereocenters. The standard InChI is InChI=1S/C11H16O3/c1-4-5-6-14-11(8-13)9(7-12)10(11,2)3/h9H,4-6H2,1-3H3. The van der Waals surface area contributed by atoms with E-state index in [2.05, 4.69) is 0 Å². The highest BCUT2D eigenvalue weighted by atomic mass is 16.5. The minimum Gasteiger partial charge on any atom is -0.365 e. The summed E-state index contributed by atoms with van der Waals surface area (Å²) in [6.45, 7) is 6.22. The van der Waals surface area contributed by atoms with E-state index in [1.807, 2.05) is 33.3 Å². The Morgan fingerprint density at radius 2 is 2.00 bits per heavy atom. The molecule has 1 aliphatic rings. The second kappa shape index (κ2) is 3.81. The molecule has 3 nitrogen and oxygen atoms in total. The van der Waals surface area contributed by atoms with Crippen LogP contribution in [-0.4, -0.2) is 24.8 Å².